The van der Waals surface area contributed by atoms with E-state index in [9.17, 15) is 13.2 Å². The highest BCUT2D eigenvalue weighted by atomic mass is 32.2. The predicted octanol–water partition coefficient (Wildman–Crippen LogP) is 2.99. The Kier molecular flexibility index (Phi) is 7.33. The van der Waals surface area contributed by atoms with Gasteiger partial charge in [0.2, 0.25) is 0 Å². The highest BCUT2D eigenvalue weighted by Crippen LogP contribution is 2.27. The van der Waals surface area contributed by atoms with E-state index in [1.54, 1.807) is 12.0 Å². The van der Waals surface area contributed by atoms with Crippen LogP contribution < -0.4 is 10.2 Å². The highest BCUT2D eigenvalue weighted by molar-refractivity contribution is 7.91. The van der Waals surface area contributed by atoms with Gasteiger partial charge in [0.1, 0.15) is 0 Å². The summed E-state index contributed by atoms with van der Waals surface area (Å²) in [5.74, 6) is 0.116. The van der Waals surface area contributed by atoms with E-state index in [0.29, 0.717) is 31.8 Å². The van der Waals surface area contributed by atoms with Crippen molar-refractivity contribution in [2.45, 2.75) is 19.0 Å². The molecule has 2 aromatic rings. The second kappa shape index (κ2) is 9.95. The molecule has 0 unspecified atom stereocenters. The van der Waals surface area contributed by atoms with Gasteiger partial charge in [-0.25, -0.2) is 13.2 Å². The van der Waals surface area contributed by atoms with Crippen molar-refractivity contribution in [2.75, 3.05) is 49.0 Å². The molecule has 0 spiro atoms. The maximum absolute atomic E-state index is 13.1. The van der Waals surface area contributed by atoms with Crippen LogP contribution in [0.1, 0.15) is 12.0 Å². The van der Waals surface area contributed by atoms with Gasteiger partial charge in [-0.1, -0.05) is 42.5 Å². The molecule has 2 amide bonds. The number of sulfone groups is 1. The average molecular weight is 432 g/mol. The number of carbonyl (C=O) groups excluding carboxylic acids is 1. The summed E-state index contributed by atoms with van der Waals surface area (Å²) in [5.41, 5.74) is 2.74. The zero-order chi connectivity index (χ0) is 21.6. The van der Waals surface area contributed by atoms with Crippen LogP contribution in [0.25, 0.3) is 0 Å². The molecule has 0 aromatic heterocycles. The third-order valence-electron chi connectivity index (χ3n) is 5.27. The first-order valence-electron chi connectivity index (χ1n) is 10.0. The number of ether oxygens (including phenoxy) is 1. The van der Waals surface area contributed by atoms with E-state index < -0.39 is 9.84 Å². The summed E-state index contributed by atoms with van der Waals surface area (Å²) >= 11 is 0. The zero-order valence-electron chi connectivity index (χ0n) is 17.5. The highest BCUT2D eigenvalue weighted by Gasteiger charge is 2.34. The van der Waals surface area contributed by atoms with Crippen molar-refractivity contribution >= 4 is 27.2 Å². The quantitative estimate of drug-likeness (QED) is 0.695. The molecule has 1 fully saturated rings. The lowest BCUT2D eigenvalue weighted by Crippen LogP contribution is -2.45. The molecule has 1 aliphatic heterocycles. The van der Waals surface area contributed by atoms with Gasteiger partial charge in [-0.3, -0.25) is 0 Å². The van der Waals surface area contributed by atoms with Crippen molar-refractivity contribution in [2.24, 2.45) is 0 Å². The minimum absolute atomic E-state index is 0.000306. The molecule has 30 heavy (non-hydrogen) atoms. The number of rotatable bonds is 8. The van der Waals surface area contributed by atoms with Crippen molar-refractivity contribution in [1.29, 1.82) is 0 Å². The molecule has 0 bridgehead atoms. The van der Waals surface area contributed by atoms with Gasteiger partial charge < -0.3 is 19.9 Å². The fourth-order valence-corrected chi connectivity index (χ4v) is 5.43. The molecular weight excluding hydrogens is 402 g/mol. The van der Waals surface area contributed by atoms with Gasteiger partial charge in [-0.15, -0.1) is 0 Å². The Bertz CT molecular complexity index is 950. The Labute approximate surface area is 178 Å². The molecule has 1 saturated heterocycles. The number of para-hydroxylation sites is 2. The van der Waals surface area contributed by atoms with Gasteiger partial charge >= 0.3 is 6.03 Å². The first-order valence-corrected chi connectivity index (χ1v) is 11.8. The third-order valence-corrected chi connectivity index (χ3v) is 7.02. The van der Waals surface area contributed by atoms with Crippen molar-refractivity contribution < 1.29 is 17.9 Å². The molecular formula is C22H29N3O4S. The Morgan fingerprint density at radius 1 is 1.13 bits per heavy atom. The Hall–Kier alpha value is -2.58. The predicted molar refractivity (Wildman–Crippen MR) is 120 cm³/mol. The topological polar surface area (TPSA) is 79.0 Å². The summed E-state index contributed by atoms with van der Waals surface area (Å²) in [6.07, 6.45) is 0.453. The number of hydrogen-bond acceptors (Lipinski definition) is 5. The Morgan fingerprint density at radius 2 is 1.83 bits per heavy atom. The second-order valence-corrected chi connectivity index (χ2v) is 9.76. The monoisotopic (exact) mass is 431 g/mol. The van der Waals surface area contributed by atoms with Gasteiger partial charge in [0.15, 0.2) is 9.84 Å². The molecule has 0 saturated carbocycles. The summed E-state index contributed by atoms with van der Waals surface area (Å²) in [6.45, 7) is 1.38. The number of benzene rings is 2. The van der Waals surface area contributed by atoms with E-state index in [4.69, 9.17) is 4.74 Å². The SMILES string of the molecule is COCCN(C(=O)Nc1ccccc1N(C)Cc1ccccc1)[C@@H]1CCS(=O)(=O)C1. The van der Waals surface area contributed by atoms with E-state index >= 15 is 0 Å². The number of methoxy groups -OCH3 is 1. The zero-order valence-corrected chi connectivity index (χ0v) is 18.3. The van der Waals surface area contributed by atoms with Crippen LogP contribution in [-0.4, -0.2) is 64.2 Å². The number of nitrogens with one attached hydrogen (secondary N) is 1. The number of carbonyl (C=O) groups is 1. The smallest absolute Gasteiger partial charge is 0.322 e. The summed E-state index contributed by atoms with van der Waals surface area (Å²) in [4.78, 5) is 16.8. The van der Waals surface area contributed by atoms with Crippen LogP contribution in [0.2, 0.25) is 0 Å². The van der Waals surface area contributed by atoms with Gasteiger partial charge in [0.05, 0.1) is 29.5 Å². The van der Waals surface area contributed by atoms with Crippen LogP contribution in [0, 0.1) is 0 Å². The molecule has 1 aliphatic rings. The molecule has 0 aliphatic carbocycles. The number of amides is 2. The Morgan fingerprint density at radius 3 is 2.50 bits per heavy atom. The van der Waals surface area contributed by atoms with Gasteiger partial charge in [0.25, 0.3) is 0 Å². The molecule has 8 heteroatoms. The molecule has 1 heterocycles. The van der Waals surface area contributed by atoms with Crippen molar-refractivity contribution in [1.82, 2.24) is 4.90 Å². The van der Waals surface area contributed by atoms with Crippen LogP contribution >= 0.6 is 0 Å². The number of hydrogen-bond donors (Lipinski definition) is 1. The lowest BCUT2D eigenvalue weighted by Gasteiger charge is -2.29. The van der Waals surface area contributed by atoms with Crippen LogP contribution in [-0.2, 0) is 21.1 Å². The average Bonchev–Trinajstić information content (AvgIpc) is 3.09. The largest absolute Gasteiger partial charge is 0.383 e. The minimum Gasteiger partial charge on any atom is -0.383 e. The molecule has 7 nitrogen and oxygen atoms in total. The van der Waals surface area contributed by atoms with Crippen molar-refractivity contribution in [3.8, 4) is 0 Å². The van der Waals surface area contributed by atoms with Gasteiger partial charge in [-0.2, -0.15) is 0 Å². The fraction of sp³-hybridized carbons (Fsp3) is 0.409. The van der Waals surface area contributed by atoms with E-state index in [1.807, 2.05) is 49.5 Å². The van der Waals surface area contributed by atoms with Crippen LogP contribution in [0.5, 0.6) is 0 Å². The first-order chi connectivity index (χ1) is 14.4. The fourth-order valence-electron chi connectivity index (χ4n) is 3.70. The molecule has 0 radical (unpaired) electrons. The maximum atomic E-state index is 13.1. The first kappa shape index (κ1) is 22.1. The number of anilines is 2. The Balaban J connectivity index is 1.76. The van der Waals surface area contributed by atoms with Gasteiger partial charge in [-0.05, 0) is 24.1 Å². The molecule has 1 atom stereocenters. The summed E-state index contributed by atoms with van der Waals surface area (Å²) in [5, 5.41) is 2.99. The van der Waals surface area contributed by atoms with Crippen molar-refractivity contribution in [3.63, 3.8) is 0 Å². The molecule has 2 aromatic carbocycles. The summed E-state index contributed by atoms with van der Waals surface area (Å²) < 4.78 is 29.0. The molecule has 3 rings (SSSR count). The minimum atomic E-state index is -3.10. The normalized spacial score (nSPS) is 17.5. The van der Waals surface area contributed by atoms with Crippen LogP contribution in [0.4, 0.5) is 16.2 Å². The van der Waals surface area contributed by atoms with E-state index in [1.165, 1.54) is 5.56 Å². The van der Waals surface area contributed by atoms with E-state index in [2.05, 4.69) is 22.3 Å². The molecule has 1 N–H and O–H groups in total. The van der Waals surface area contributed by atoms with Crippen molar-refractivity contribution in [3.05, 3.63) is 60.2 Å². The molecule has 162 valence electrons. The number of urea groups is 1. The van der Waals surface area contributed by atoms with E-state index in [0.717, 1.165) is 5.69 Å². The standard InChI is InChI=1S/C22H29N3O4S/c1-24(16-18-8-4-3-5-9-18)21-11-7-6-10-20(21)23-22(26)25(13-14-29-2)19-12-15-30(27,28)17-19/h3-11,19H,12-17H2,1-2H3,(H,23,26)/t19-/m1/s1. The van der Waals surface area contributed by atoms with Gasteiger partial charge in [0, 0.05) is 33.3 Å². The van der Waals surface area contributed by atoms with Crippen LogP contribution in [0.15, 0.2) is 54.6 Å². The summed E-state index contributed by atoms with van der Waals surface area (Å²) in [7, 11) is 0.442. The second-order valence-electron chi connectivity index (χ2n) is 7.53. The maximum Gasteiger partial charge on any atom is 0.322 e. The lowest BCUT2D eigenvalue weighted by atomic mass is 10.2. The third kappa shape index (κ3) is 5.73. The lowest BCUT2D eigenvalue weighted by molar-refractivity contribution is 0.140. The number of nitrogens with zero attached hydrogens (tertiary/aromatic N) is 2. The summed E-state index contributed by atoms with van der Waals surface area (Å²) in [6, 6.07) is 17.1. The van der Waals surface area contributed by atoms with E-state index in [-0.39, 0.29) is 23.6 Å². The van der Waals surface area contributed by atoms with Crippen LogP contribution in [0.3, 0.4) is 0 Å².